The van der Waals surface area contributed by atoms with Crippen LogP contribution in [0.15, 0.2) is 71.5 Å². The van der Waals surface area contributed by atoms with Gasteiger partial charge in [0.05, 0.1) is 22.5 Å². The maximum Gasteiger partial charge on any atom is 0.262 e. The second kappa shape index (κ2) is 9.53. The molecule has 162 valence electrons. The Hall–Kier alpha value is -3.84. The van der Waals surface area contributed by atoms with Crippen LogP contribution in [0, 0.1) is 0 Å². The maximum atomic E-state index is 12.5. The predicted molar refractivity (Wildman–Crippen MR) is 125 cm³/mol. The number of aromatic nitrogens is 2. The van der Waals surface area contributed by atoms with Crippen LogP contribution in [0.5, 0.6) is 11.5 Å². The fraction of sp³-hybridized carbons (Fsp3) is 0.125. The zero-order valence-electron chi connectivity index (χ0n) is 17.2. The SMILES string of the molecule is CCOc1cc(-c2nc3ccccc3c(=O)[nH]2)c(Cl)cc1OCC(=O)Nc1ccccc1. The van der Waals surface area contributed by atoms with Gasteiger partial charge in [-0.05, 0) is 37.3 Å². The number of nitrogens with one attached hydrogen (secondary N) is 2. The molecule has 0 aliphatic heterocycles. The van der Waals surface area contributed by atoms with Crippen molar-refractivity contribution in [2.24, 2.45) is 0 Å². The molecule has 0 aliphatic carbocycles. The van der Waals surface area contributed by atoms with E-state index in [-0.39, 0.29) is 18.1 Å². The third-order valence-electron chi connectivity index (χ3n) is 4.62. The number of nitrogens with zero attached hydrogens (tertiary/aromatic N) is 1. The van der Waals surface area contributed by atoms with E-state index in [1.54, 1.807) is 42.5 Å². The van der Waals surface area contributed by atoms with Crippen LogP contribution in [0.4, 0.5) is 5.69 Å². The van der Waals surface area contributed by atoms with Gasteiger partial charge in [-0.1, -0.05) is 41.9 Å². The lowest BCUT2D eigenvalue weighted by atomic mass is 10.1. The summed E-state index contributed by atoms with van der Waals surface area (Å²) < 4.78 is 11.4. The van der Waals surface area contributed by atoms with E-state index in [1.807, 2.05) is 31.2 Å². The average Bonchev–Trinajstić information content (AvgIpc) is 2.80. The van der Waals surface area contributed by atoms with Gasteiger partial charge in [-0.2, -0.15) is 0 Å². The van der Waals surface area contributed by atoms with Gasteiger partial charge in [0.1, 0.15) is 5.82 Å². The van der Waals surface area contributed by atoms with Gasteiger partial charge in [0.2, 0.25) is 0 Å². The molecule has 0 aliphatic rings. The Bertz CT molecular complexity index is 1320. The van der Waals surface area contributed by atoms with Gasteiger partial charge in [-0.25, -0.2) is 4.98 Å². The van der Waals surface area contributed by atoms with Gasteiger partial charge < -0.3 is 19.8 Å². The van der Waals surface area contributed by atoms with Crippen LogP contribution in [-0.4, -0.2) is 29.1 Å². The highest BCUT2D eigenvalue weighted by Gasteiger charge is 2.16. The van der Waals surface area contributed by atoms with Crippen LogP contribution in [0.1, 0.15) is 6.92 Å². The number of hydrogen-bond acceptors (Lipinski definition) is 5. The first kappa shape index (κ1) is 21.4. The molecular formula is C24H20ClN3O4. The lowest BCUT2D eigenvalue weighted by Crippen LogP contribution is -2.20. The monoisotopic (exact) mass is 449 g/mol. The van der Waals surface area contributed by atoms with Crippen molar-refractivity contribution < 1.29 is 14.3 Å². The minimum absolute atomic E-state index is 0.226. The summed E-state index contributed by atoms with van der Waals surface area (Å²) in [6.07, 6.45) is 0. The summed E-state index contributed by atoms with van der Waals surface area (Å²) in [5.74, 6) is 0.689. The summed E-state index contributed by atoms with van der Waals surface area (Å²) in [6, 6.07) is 19.3. The average molecular weight is 450 g/mol. The number of amides is 1. The standard InChI is InChI=1S/C24H20ClN3O4/c1-2-31-20-12-17(23-27-19-11-7-6-10-16(19)24(30)28-23)18(25)13-21(20)32-14-22(29)26-15-8-4-3-5-9-15/h3-13H,2,14H2,1H3,(H,26,29)(H,27,28,30). The van der Waals surface area contributed by atoms with E-state index < -0.39 is 0 Å². The highest BCUT2D eigenvalue weighted by Crippen LogP contribution is 2.37. The minimum atomic E-state index is -0.320. The predicted octanol–water partition coefficient (Wildman–Crippen LogP) is 4.66. The van der Waals surface area contributed by atoms with Crippen molar-refractivity contribution in [3.63, 3.8) is 0 Å². The van der Waals surface area contributed by atoms with E-state index in [0.29, 0.717) is 51.1 Å². The van der Waals surface area contributed by atoms with Crippen molar-refractivity contribution >= 4 is 34.1 Å². The molecular weight excluding hydrogens is 430 g/mol. The topological polar surface area (TPSA) is 93.3 Å². The molecule has 0 saturated carbocycles. The van der Waals surface area contributed by atoms with Gasteiger partial charge in [0, 0.05) is 17.3 Å². The number of fused-ring (bicyclic) bond motifs is 1. The third kappa shape index (κ3) is 4.73. The molecule has 0 atom stereocenters. The Kier molecular flexibility index (Phi) is 6.37. The Balaban J connectivity index is 1.61. The second-order valence-corrected chi connectivity index (χ2v) is 7.25. The lowest BCUT2D eigenvalue weighted by molar-refractivity contribution is -0.118. The number of carbonyl (C=O) groups is 1. The Morgan fingerprint density at radius 3 is 2.53 bits per heavy atom. The number of anilines is 1. The van der Waals surface area contributed by atoms with E-state index in [9.17, 15) is 9.59 Å². The first-order valence-electron chi connectivity index (χ1n) is 9.98. The number of benzene rings is 3. The van der Waals surface area contributed by atoms with Crippen LogP contribution in [-0.2, 0) is 4.79 Å². The highest BCUT2D eigenvalue weighted by atomic mass is 35.5. The van der Waals surface area contributed by atoms with Crippen molar-refractivity contribution in [2.75, 3.05) is 18.5 Å². The molecule has 1 aromatic heterocycles. The van der Waals surface area contributed by atoms with Crippen LogP contribution < -0.4 is 20.3 Å². The molecule has 3 aromatic carbocycles. The molecule has 7 nitrogen and oxygen atoms in total. The number of para-hydroxylation sites is 2. The molecule has 1 amide bonds. The van der Waals surface area contributed by atoms with E-state index in [0.717, 1.165) is 0 Å². The number of halogens is 1. The first-order chi connectivity index (χ1) is 15.5. The first-order valence-corrected chi connectivity index (χ1v) is 10.4. The molecule has 4 aromatic rings. The summed E-state index contributed by atoms with van der Waals surface area (Å²) in [5.41, 5.74) is 1.45. The summed E-state index contributed by atoms with van der Waals surface area (Å²) in [4.78, 5) is 32.0. The summed E-state index contributed by atoms with van der Waals surface area (Å²) in [6.45, 7) is 1.97. The Morgan fingerprint density at radius 2 is 1.75 bits per heavy atom. The Morgan fingerprint density at radius 1 is 1.03 bits per heavy atom. The number of rotatable bonds is 7. The van der Waals surface area contributed by atoms with Crippen molar-refractivity contribution in [3.05, 3.63) is 82.1 Å². The van der Waals surface area contributed by atoms with Gasteiger partial charge in [-0.15, -0.1) is 0 Å². The molecule has 4 rings (SSSR count). The van der Waals surface area contributed by atoms with Crippen LogP contribution in [0.25, 0.3) is 22.3 Å². The lowest BCUT2D eigenvalue weighted by Gasteiger charge is -2.15. The quantitative estimate of drug-likeness (QED) is 0.428. The van der Waals surface area contributed by atoms with Gasteiger partial charge in [-0.3, -0.25) is 9.59 Å². The molecule has 0 unspecified atom stereocenters. The molecule has 0 radical (unpaired) electrons. The normalized spacial score (nSPS) is 10.7. The van der Waals surface area contributed by atoms with Crippen molar-refractivity contribution in [2.45, 2.75) is 6.92 Å². The van der Waals surface area contributed by atoms with E-state index in [4.69, 9.17) is 21.1 Å². The minimum Gasteiger partial charge on any atom is -0.490 e. The number of hydrogen-bond donors (Lipinski definition) is 2. The van der Waals surface area contributed by atoms with Gasteiger partial charge in [0.25, 0.3) is 11.5 Å². The van der Waals surface area contributed by atoms with E-state index in [1.165, 1.54) is 0 Å². The number of H-pyrrole nitrogens is 1. The Labute approximate surface area is 189 Å². The van der Waals surface area contributed by atoms with E-state index in [2.05, 4.69) is 15.3 Å². The second-order valence-electron chi connectivity index (χ2n) is 6.85. The number of aromatic amines is 1. The molecule has 0 saturated heterocycles. The molecule has 1 heterocycles. The highest BCUT2D eigenvalue weighted by molar-refractivity contribution is 6.33. The van der Waals surface area contributed by atoms with Gasteiger partial charge in [0.15, 0.2) is 18.1 Å². The molecule has 0 spiro atoms. The van der Waals surface area contributed by atoms with Gasteiger partial charge >= 0.3 is 0 Å². The van der Waals surface area contributed by atoms with Crippen LogP contribution >= 0.6 is 11.6 Å². The third-order valence-corrected chi connectivity index (χ3v) is 4.93. The largest absolute Gasteiger partial charge is 0.490 e. The number of carbonyl (C=O) groups excluding carboxylic acids is 1. The number of ether oxygens (including phenoxy) is 2. The van der Waals surface area contributed by atoms with Crippen molar-refractivity contribution in [3.8, 4) is 22.9 Å². The maximum absolute atomic E-state index is 12.5. The fourth-order valence-corrected chi connectivity index (χ4v) is 3.42. The van der Waals surface area contributed by atoms with Crippen molar-refractivity contribution in [1.82, 2.24) is 9.97 Å². The van der Waals surface area contributed by atoms with Crippen LogP contribution in [0.3, 0.4) is 0 Å². The molecule has 8 heteroatoms. The molecule has 0 fully saturated rings. The summed E-state index contributed by atoms with van der Waals surface area (Å²) in [7, 11) is 0. The molecule has 32 heavy (non-hydrogen) atoms. The van der Waals surface area contributed by atoms with Crippen LogP contribution in [0.2, 0.25) is 5.02 Å². The van der Waals surface area contributed by atoms with Crippen molar-refractivity contribution in [1.29, 1.82) is 0 Å². The molecule has 2 N–H and O–H groups in total. The smallest absolute Gasteiger partial charge is 0.262 e. The zero-order chi connectivity index (χ0) is 22.5. The van der Waals surface area contributed by atoms with E-state index >= 15 is 0 Å². The molecule has 0 bridgehead atoms. The summed E-state index contributed by atoms with van der Waals surface area (Å²) >= 11 is 6.49. The fourth-order valence-electron chi connectivity index (χ4n) is 3.17. The zero-order valence-corrected chi connectivity index (χ0v) is 18.0. The summed E-state index contributed by atoms with van der Waals surface area (Å²) in [5, 5.41) is 3.54.